The van der Waals surface area contributed by atoms with E-state index in [-0.39, 0.29) is 5.43 Å². The molecule has 0 saturated heterocycles. The Hall–Kier alpha value is -1.38. The van der Waals surface area contributed by atoms with Crippen LogP contribution in [0.1, 0.15) is 37.7 Å². The van der Waals surface area contributed by atoms with E-state index in [0.717, 1.165) is 20.7 Å². The zero-order valence-corrected chi connectivity index (χ0v) is 14.0. The first kappa shape index (κ1) is 14.2. The third-order valence-corrected chi connectivity index (χ3v) is 6.22. The van der Waals surface area contributed by atoms with Gasteiger partial charge in [0.05, 0.1) is 10.4 Å². The summed E-state index contributed by atoms with van der Waals surface area (Å²) in [4.78, 5) is 12.8. The minimum absolute atomic E-state index is 0.0730. The lowest BCUT2D eigenvalue weighted by Gasteiger charge is -2.08. The summed E-state index contributed by atoms with van der Waals surface area (Å²) in [6.07, 6.45) is 3.75. The van der Waals surface area contributed by atoms with Gasteiger partial charge in [-0.05, 0) is 42.0 Å². The highest BCUT2D eigenvalue weighted by molar-refractivity contribution is 7.24. The van der Waals surface area contributed by atoms with E-state index in [4.69, 9.17) is 11.6 Å². The minimum Gasteiger partial charge on any atom is -0.288 e. The Labute approximate surface area is 138 Å². The van der Waals surface area contributed by atoms with Gasteiger partial charge < -0.3 is 0 Å². The summed E-state index contributed by atoms with van der Waals surface area (Å²) in [6, 6.07) is 11.9. The number of hydrogen-bond acceptors (Lipinski definition) is 2. The summed E-state index contributed by atoms with van der Waals surface area (Å²) in [6.45, 7) is 2.24. The van der Waals surface area contributed by atoms with Crippen molar-refractivity contribution in [3.63, 3.8) is 0 Å². The van der Waals surface area contributed by atoms with E-state index in [1.807, 2.05) is 30.3 Å². The molecule has 1 fully saturated rings. The van der Waals surface area contributed by atoms with Crippen molar-refractivity contribution in [2.45, 2.75) is 32.1 Å². The quantitative estimate of drug-likeness (QED) is 0.541. The maximum absolute atomic E-state index is 12.8. The van der Waals surface area contributed by atoms with Crippen molar-refractivity contribution < 1.29 is 0 Å². The molecule has 0 N–H and O–H groups in total. The van der Waals surface area contributed by atoms with Crippen LogP contribution < -0.4 is 5.43 Å². The Kier molecular flexibility index (Phi) is 3.47. The highest BCUT2D eigenvalue weighted by Crippen LogP contribution is 2.52. The average Bonchev–Trinajstić information content (AvgIpc) is 3.27. The van der Waals surface area contributed by atoms with E-state index < -0.39 is 0 Å². The second kappa shape index (κ2) is 5.36. The van der Waals surface area contributed by atoms with Gasteiger partial charge in [-0.25, -0.2) is 0 Å². The highest BCUT2D eigenvalue weighted by atomic mass is 35.5. The summed E-state index contributed by atoms with van der Waals surface area (Å²) in [5, 5.41) is 2.07. The van der Waals surface area contributed by atoms with Crippen LogP contribution in [0.2, 0.25) is 5.02 Å². The summed E-state index contributed by atoms with van der Waals surface area (Å²) < 4.78 is 2.15. The number of benzene rings is 2. The van der Waals surface area contributed by atoms with Crippen molar-refractivity contribution in [2.75, 3.05) is 0 Å². The number of rotatable bonds is 3. The van der Waals surface area contributed by atoms with Crippen molar-refractivity contribution in [3.05, 3.63) is 57.2 Å². The lowest BCUT2D eigenvalue weighted by molar-refractivity contribution is 0.688. The predicted molar refractivity (Wildman–Crippen MR) is 96.4 cm³/mol. The molecule has 2 aromatic carbocycles. The molecule has 0 aliphatic heterocycles. The molecule has 2 atom stereocenters. The SMILES string of the molecule is CCCC1CC1c1ccc(Cl)c2c(=O)c3ccccc3sc12. The fourth-order valence-electron chi connectivity index (χ4n) is 3.49. The van der Waals surface area contributed by atoms with Crippen LogP contribution in [0.25, 0.3) is 20.2 Å². The van der Waals surface area contributed by atoms with Gasteiger partial charge in [0, 0.05) is 14.8 Å². The van der Waals surface area contributed by atoms with E-state index in [1.54, 1.807) is 11.3 Å². The first-order valence-corrected chi connectivity index (χ1v) is 9.04. The molecule has 0 spiro atoms. The van der Waals surface area contributed by atoms with E-state index in [9.17, 15) is 4.79 Å². The number of halogens is 1. The van der Waals surface area contributed by atoms with Gasteiger partial charge in [0.25, 0.3) is 0 Å². The fourth-order valence-corrected chi connectivity index (χ4v) is 5.07. The van der Waals surface area contributed by atoms with Crippen LogP contribution in [-0.4, -0.2) is 0 Å². The van der Waals surface area contributed by atoms with Crippen LogP contribution in [-0.2, 0) is 0 Å². The molecule has 1 aromatic heterocycles. The van der Waals surface area contributed by atoms with E-state index in [1.165, 1.54) is 24.8 Å². The third kappa shape index (κ3) is 2.17. The summed E-state index contributed by atoms with van der Waals surface area (Å²) >= 11 is 8.07. The second-order valence-corrected chi connectivity index (χ2v) is 7.62. The summed E-state index contributed by atoms with van der Waals surface area (Å²) in [5.41, 5.74) is 1.40. The van der Waals surface area contributed by atoms with Crippen molar-refractivity contribution in [1.82, 2.24) is 0 Å². The topological polar surface area (TPSA) is 17.1 Å². The molecule has 1 aliphatic rings. The van der Waals surface area contributed by atoms with E-state index in [2.05, 4.69) is 13.0 Å². The molecule has 1 nitrogen and oxygen atoms in total. The molecule has 1 aliphatic carbocycles. The zero-order valence-electron chi connectivity index (χ0n) is 12.4. The molecule has 0 amide bonds. The van der Waals surface area contributed by atoms with Gasteiger partial charge in [0.2, 0.25) is 0 Å². The van der Waals surface area contributed by atoms with Gasteiger partial charge in [0.15, 0.2) is 5.43 Å². The second-order valence-electron chi connectivity index (χ2n) is 6.16. The van der Waals surface area contributed by atoms with Crippen molar-refractivity contribution in [2.24, 2.45) is 5.92 Å². The first-order valence-electron chi connectivity index (χ1n) is 7.84. The van der Waals surface area contributed by atoms with Crippen LogP contribution in [0, 0.1) is 5.92 Å². The Bertz CT molecular complexity index is 928. The largest absolute Gasteiger partial charge is 0.288 e. The van der Waals surface area contributed by atoms with Gasteiger partial charge in [-0.3, -0.25) is 4.79 Å². The van der Waals surface area contributed by atoms with Crippen LogP contribution >= 0.6 is 22.9 Å². The first-order chi connectivity index (χ1) is 10.7. The molecule has 4 rings (SSSR count). The molecule has 2 unspecified atom stereocenters. The summed E-state index contributed by atoms with van der Waals surface area (Å²) in [7, 11) is 0. The van der Waals surface area contributed by atoms with Crippen molar-refractivity contribution in [1.29, 1.82) is 0 Å². The molecule has 22 heavy (non-hydrogen) atoms. The van der Waals surface area contributed by atoms with Crippen LogP contribution in [0.15, 0.2) is 41.2 Å². The number of hydrogen-bond donors (Lipinski definition) is 0. The van der Waals surface area contributed by atoms with Crippen molar-refractivity contribution >= 4 is 43.1 Å². The van der Waals surface area contributed by atoms with E-state index >= 15 is 0 Å². The lowest BCUT2D eigenvalue weighted by atomic mass is 10.0. The maximum atomic E-state index is 12.8. The molecule has 1 heterocycles. The van der Waals surface area contributed by atoms with Crippen LogP contribution in [0.3, 0.4) is 0 Å². The highest BCUT2D eigenvalue weighted by Gasteiger charge is 2.38. The normalized spacial score (nSPS) is 20.6. The smallest absolute Gasteiger partial charge is 0.197 e. The Morgan fingerprint density at radius 2 is 2.05 bits per heavy atom. The molecule has 3 aromatic rings. The molecule has 0 bridgehead atoms. The molecular weight excluding hydrogens is 312 g/mol. The lowest BCUT2D eigenvalue weighted by Crippen LogP contribution is -2.03. The molecule has 112 valence electrons. The Morgan fingerprint density at radius 3 is 2.86 bits per heavy atom. The standard InChI is InChI=1S/C19H17ClOS/c1-2-5-11-10-14(11)12-8-9-15(20)17-18(21)13-6-3-4-7-16(13)22-19(12)17/h3-4,6-9,11,14H,2,5,10H2,1H3. The van der Waals surface area contributed by atoms with Gasteiger partial charge >= 0.3 is 0 Å². The van der Waals surface area contributed by atoms with Crippen LogP contribution in [0.4, 0.5) is 0 Å². The molecular formula is C19H17ClOS. The predicted octanol–water partition coefficient (Wildman–Crippen LogP) is 5.97. The Balaban J connectivity index is 2.00. The Morgan fingerprint density at radius 1 is 1.23 bits per heavy atom. The monoisotopic (exact) mass is 328 g/mol. The fraction of sp³-hybridized carbons (Fsp3) is 0.316. The summed E-state index contributed by atoms with van der Waals surface area (Å²) in [5.74, 6) is 1.39. The van der Waals surface area contributed by atoms with Gasteiger partial charge in [0.1, 0.15) is 0 Å². The molecule has 3 heteroatoms. The van der Waals surface area contributed by atoms with Crippen molar-refractivity contribution in [3.8, 4) is 0 Å². The average molecular weight is 329 g/mol. The molecule has 1 saturated carbocycles. The maximum Gasteiger partial charge on any atom is 0.197 e. The number of fused-ring (bicyclic) bond motifs is 2. The third-order valence-electron chi connectivity index (χ3n) is 4.69. The van der Waals surface area contributed by atoms with Gasteiger partial charge in [-0.1, -0.05) is 49.6 Å². The van der Waals surface area contributed by atoms with Gasteiger partial charge in [-0.15, -0.1) is 11.3 Å². The van der Waals surface area contributed by atoms with Gasteiger partial charge in [-0.2, -0.15) is 0 Å². The zero-order chi connectivity index (χ0) is 15.3. The van der Waals surface area contributed by atoms with E-state index in [0.29, 0.717) is 16.3 Å². The minimum atomic E-state index is 0.0730. The van der Waals surface area contributed by atoms with Crippen LogP contribution in [0.5, 0.6) is 0 Å². The molecule has 0 radical (unpaired) electrons.